The number of fused-ring (bicyclic) bond motifs is 1. The Bertz CT molecular complexity index is 768. The average Bonchev–Trinajstić information content (AvgIpc) is 2.81. The van der Waals surface area contributed by atoms with Gasteiger partial charge in [-0.05, 0) is 24.5 Å². The van der Waals surface area contributed by atoms with Crippen molar-refractivity contribution in [2.75, 3.05) is 6.54 Å². The molecule has 112 valence electrons. The number of hydrogen-bond donors (Lipinski definition) is 3. The van der Waals surface area contributed by atoms with Gasteiger partial charge in [-0.25, -0.2) is 13.1 Å². The minimum absolute atomic E-state index is 0.0533. The van der Waals surface area contributed by atoms with Crippen LogP contribution in [0.2, 0.25) is 0 Å². The maximum atomic E-state index is 12.4. The molecule has 1 atom stereocenters. The fraction of sp³-hybridized carbons (Fsp3) is 0.357. The lowest BCUT2D eigenvalue weighted by Crippen LogP contribution is -2.33. The number of hydrogen-bond acceptors (Lipinski definition) is 4. The van der Waals surface area contributed by atoms with Gasteiger partial charge in [-0.3, -0.25) is 5.10 Å². The Balaban J connectivity index is 1.75. The van der Waals surface area contributed by atoms with Crippen LogP contribution in [-0.2, 0) is 23.1 Å². The van der Waals surface area contributed by atoms with Crippen molar-refractivity contribution in [3.63, 3.8) is 0 Å². The molecule has 0 saturated carbocycles. The maximum Gasteiger partial charge on any atom is 0.244 e. The highest BCUT2D eigenvalue weighted by atomic mass is 32.2. The summed E-state index contributed by atoms with van der Waals surface area (Å²) in [5.41, 5.74) is 3.05. The van der Waals surface area contributed by atoms with Gasteiger partial charge in [0.15, 0.2) is 0 Å². The molecule has 0 saturated heterocycles. The van der Waals surface area contributed by atoms with Crippen LogP contribution in [0.4, 0.5) is 0 Å². The van der Waals surface area contributed by atoms with Crippen LogP contribution in [0.1, 0.15) is 28.4 Å². The van der Waals surface area contributed by atoms with Crippen LogP contribution in [0.25, 0.3) is 0 Å². The number of aromatic amines is 1. The van der Waals surface area contributed by atoms with Gasteiger partial charge in [0.05, 0.1) is 12.3 Å². The van der Waals surface area contributed by atoms with E-state index in [0.717, 1.165) is 6.42 Å². The number of H-pyrrole nitrogens is 1. The lowest BCUT2D eigenvalue weighted by molar-refractivity contribution is 0.273. The molecule has 0 spiro atoms. The van der Waals surface area contributed by atoms with Crippen molar-refractivity contribution in [2.45, 2.75) is 30.8 Å². The lowest BCUT2D eigenvalue weighted by Gasteiger charge is -2.30. The van der Waals surface area contributed by atoms with E-state index in [4.69, 9.17) is 0 Å². The molecule has 1 heterocycles. The fourth-order valence-corrected chi connectivity index (χ4v) is 4.19. The number of aliphatic hydroxyl groups excluding tert-OH is 1. The molecule has 2 aromatic rings. The minimum atomic E-state index is -3.67. The van der Waals surface area contributed by atoms with E-state index < -0.39 is 16.6 Å². The topological polar surface area (TPSA) is 95.1 Å². The van der Waals surface area contributed by atoms with E-state index in [9.17, 15) is 13.5 Å². The molecular formula is C14H17N3O3S. The van der Waals surface area contributed by atoms with Crippen LogP contribution in [0.15, 0.2) is 29.2 Å². The van der Waals surface area contributed by atoms with E-state index in [1.54, 1.807) is 6.92 Å². The second-order valence-electron chi connectivity index (χ2n) is 5.23. The fourth-order valence-electron chi connectivity index (χ4n) is 2.76. The first-order chi connectivity index (χ1) is 10.0. The lowest BCUT2D eigenvalue weighted by atomic mass is 9.78. The van der Waals surface area contributed by atoms with E-state index in [0.29, 0.717) is 12.2 Å². The maximum absolute atomic E-state index is 12.4. The molecule has 0 aliphatic heterocycles. The van der Waals surface area contributed by atoms with Crippen LogP contribution in [0.3, 0.4) is 0 Å². The monoisotopic (exact) mass is 307 g/mol. The molecule has 7 heteroatoms. The molecule has 1 aliphatic rings. The van der Waals surface area contributed by atoms with Crippen molar-refractivity contribution < 1.29 is 13.5 Å². The SMILES string of the molecule is Cc1[nH]nc(CO)c1S(=O)(=O)NCC1Cc2ccccc21. The van der Waals surface area contributed by atoms with Crippen LogP contribution in [0, 0.1) is 6.92 Å². The predicted molar refractivity (Wildman–Crippen MR) is 77.3 cm³/mol. The van der Waals surface area contributed by atoms with Gasteiger partial charge in [-0.1, -0.05) is 24.3 Å². The van der Waals surface area contributed by atoms with Gasteiger partial charge in [0.25, 0.3) is 0 Å². The summed E-state index contributed by atoms with van der Waals surface area (Å²) in [7, 11) is -3.67. The molecule has 21 heavy (non-hydrogen) atoms. The minimum Gasteiger partial charge on any atom is -0.390 e. The Morgan fingerprint density at radius 2 is 2.19 bits per heavy atom. The first-order valence-corrected chi connectivity index (χ1v) is 8.23. The molecule has 1 aromatic carbocycles. The van der Waals surface area contributed by atoms with E-state index in [1.165, 1.54) is 11.1 Å². The summed E-state index contributed by atoms with van der Waals surface area (Å²) in [6.07, 6.45) is 0.885. The van der Waals surface area contributed by atoms with Crippen molar-refractivity contribution in [1.29, 1.82) is 0 Å². The van der Waals surface area contributed by atoms with Crippen LogP contribution >= 0.6 is 0 Å². The summed E-state index contributed by atoms with van der Waals surface area (Å²) in [6, 6.07) is 8.04. The molecule has 1 aromatic heterocycles. The number of nitrogens with zero attached hydrogens (tertiary/aromatic N) is 1. The number of aryl methyl sites for hydroxylation is 1. The van der Waals surface area contributed by atoms with E-state index >= 15 is 0 Å². The summed E-state index contributed by atoms with van der Waals surface area (Å²) in [6.45, 7) is 1.57. The van der Waals surface area contributed by atoms with Gasteiger partial charge in [0, 0.05) is 12.5 Å². The third-order valence-corrected chi connectivity index (χ3v) is 5.49. The molecule has 3 rings (SSSR count). The summed E-state index contributed by atoms with van der Waals surface area (Å²) in [4.78, 5) is 0.0533. The van der Waals surface area contributed by atoms with Gasteiger partial charge >= 0.3 is 0 Å². The van der Waals surface area contributed by atoms with Gasteiger partial charge in [0.1, 0.15) is 10.6 Å². The van der Waals surface area contributed by atoms with Crippen LogP contribution < -0.4 is 4.72 Å². The number of nitrogens with one attached hydrogen (secondary N) is 2. The molecular weight excluding hydrogens is 290 g/mol. The number of aromatic nitrogens is 2. The molecule has 0 amide bonds. The number of sulfonamides is 1. The van der Waals surface area contributed by atoms with E-state index in [2.05, 4.69) is 21.0 Å². The third-order valence-electron chi connectivity index (χ3n) is 3.86. The molecule has 1 unspecified atom stereocenters. The van der Waals surface area contributed by atoms with Crippen molar-refractivity contribution in [3.8, 4) is 0 Å². The first kappa shape index (κ1) is 14.2. The zero-order valence-corrected chi connectivity index (χ0v) is 12.4. The zero-order chi connectivity index (χ0) is 15.0. The summed E-state index contributed by atoms with van der Waals surface area (Å²) < 4.78 is 27.4. The van der Waals surface area contributed by atoms with Crippen molar-refractivity contribution in [1.82, 2.24) is 14.9 Å². The Morgan fingerprint density at radius 1 is 1.43 bits per heavy atom. The van der Waals surface area contributed by atoms with Crippen molar-refractivity contribution in [2.24, 2.45) is 0 Å². The summed E-state index contributed by atoms with van der Waals surface area (Å²) in [5, 5.41) is 15.6. The molecule has 0 radical (unpaired) electrons. The van der Waals surface area contributed by atoms with Gasteiger partial charge in [-0.2, -0.15) is 5.10 Å². The van der Waals surface area contributed by atoms with Crippen LogP contribution in [-0.4, -0.2) is 30.3 Å². The van der Waals surface area contributed by atoms with Crippen molar-refractivity contribution >= 4 is 10.0 Å². The smallest absolute Gasteiger partial charge is 0.244 e. The molecule has 0 fully saturated rings. The zero-order valence-electron chi connectivity index (χ0n) is 11.6. The second kappa shape index (κ2) is 5.25. The normalized spacial score (nSPS) is 17.3. The standard InChI is InChI=1S/C14H17N3O3S/c1-9-14(13(8-18)17-16-9)21(19,20)15-7-11-6-10-4-2-3-5-12(10)11/h2-5,11,15,18H,6-8H2,1H3,(H,16,17). The van der Waals surface area contributed by atoms with Crippen molar-refractivity contribution in [3.05, 3.63) is 46.8 Å². The summed E-state index contributed by atoms with van der Waals surface area (Å²) in [5.74, 6) is 0.209. The quantitative estimate of drug-likeness (QED) is 0.762. The third kappa shape index (κ3) is 2.48. The van der Waals surface area contributed by atoms with Gasteiger partial charge < -0.3 is 5.11 Å². The highest BCUT2D eigenvalue weighted by Crippen LogP contribution is 2.34. The average molecular weight is 307 g/mol. The highest BCUT2D eigenvalue weighted by molar-refractivity contribution is 7.89. The second-order valence-corrected chi connectivity index (χ2v) is 6.94. The van der Waals surface area contributed by atoms with Gasteiger partial charge in [-0.15, -0.1) is 0 Å². The van der Waals surface area contributed by atoms with E-state index in [1.807, 2.05) is 18.2 Å². The Labute approximate surface area is 123 Å². The molecule has 6 nitrogen and oxygen atoms in total. The largest absolute Gasteiger partial charge is 0.390 e. The highest BCUT2D eigenvalue weighted by Gasteiger charge is 2.29. The number of benzene rings is 1. The van der Waals surface area contributed by atoms with Crippen LogP contribution in [0.5, 0.6) is 0 Å². The molecule has 1 aliphatic carbocycles. The predicted octanol–water partition coefficient (Wildman–Crippen LogP) is 0.829. The van der Waals surface area contributed by atoms with E-state index in [-0.39, 0.29) is 16.5 Å². The van der Waals surface area contributed by atoms with Gasteiger partial charge in [0.2, 0.25) is 10.0 Å². The Kier molecular flexibility index (Phi) is 3.56. The molecule has 0 bridgehead atoms. The summed E-state index contributed by atoms with van der Waals surface area (Å²) >= 11 is 0. The number of aliphatic hydroxyl groups is 1. The Morgan fingerprint density at radius 3 is 2.90 bits per heavy atom. The number of rotatable bonds is 5. The molecule has 3 N–H and O–H groups in total. The Hall–Kier alpha value is -1.70. The first-order valence-electron chi connectivity index (χ1n) is 6.75.